The summed E-state index contributed by atoms with van der Waals surface area (Å²) in [6, 6.07) is 76.0. The van der Waals surface area contributed by atoms with E-state index in [-0.39, 0.29) is 0 Å². The Labute approximate surface area is 350 Å². The number of nitrogens with zero attached hydrogens (tertiary/aromatic N) is 1. The van der Waals surface area contributed by atoms with E-state index in [1.807, 2.05) is 6.07 Å². The van der Waals surface area contributed by atoms with Crippen LogP contribution in [0.2, 0.25) is 0 Å². The van der Waals surface area contributed by atoms with Gasteiger partial charge in [-0.25, -0.2) is 0 Å². The summed E-state index contributed by atoms with van der Waals surface area (Å²) in [6.07, 6.45) is 0. The first-order valence-corrected chi connectivity index (χ1v) is 20.8. The lowest BCUT2D eigenvalue weighted by Gasteiger charge is -2.18. The first-order chi connectivity index (χ1) is 30.3. The second kappa shape index (κ2) is 13.2. The first kappa shape index (κ1) is 33.8. The van der Waals surface area contributed by atoms with Gasteiger partial charge in [-0.1, -0.05) is 170 Å². The Bertz CT molecular complexity index is 3800. The van der Waals surface area contributed by atoms with Crippen LogP contribution >= 0.6 is 0 Å². The zero-order valence-corrected chi connectivity index (χ0v) is 33.0. The van der Waals surface area contributed by atoms with E-state index in [4.69, 9.17) is 8.83 Å². The highest BCUT2D eigenvalue weighted by atomic mass is 16.3. The summed E-state index contributed by atoms with van der Waals surface area (Å²) in [5.74, 6) is 0.860. The van der Waals surface area contributed by atoms with Gasteiger partial charge in [-0.2, -0.15) is 0 Å². The molecule has 284 valence electrons. The van der Waals surface area contributed by atoms with Gasteiger partial charge in [0.05, 0.1) is 11.0 Å². The van der Waals surface area contributed by atoms with Crippen LogP contribution in [0.3, 0.4) is 0 Å². The minimum atomic E-state index is 0.801. The van der Waals surface area contributed by atoms with E-state index in [2.05, 4.69) is 211 Å². The Hall–Kier alpha value is -8.14. The lowest BCUT2D eigenvalue weighted by molar-refractivity contribution is 0.629. The molecule has 0 spiro atoms. The molecule has 0 atom stereocenters. The second-order valence-corrected chi connectivity index (χ2v) is 15.9. The van der Waals surface area contributed by atoms with Gasteiger partial charge in [-0.3, -0.25) is 0 Å². The van der Waals surface area contributed by atoms with Crippen molar-refractivity contribution in [2.45, 2.75) is 0 Å². The molecule has 0 saturated heterocycles. The molecule has 3 heteroatoms. The molecule has 3 aromatic heterocycles. The molecule has 0 unspecified atom stereocenters. The third kappa shape index (κ3) is 5.04. The Kier molecular flexibility index (Phi) is 7.31. The Morgan fingerprint density at radius 3 is 1.56 bits per heavy atom. The molecular weight excluding hydrogens is 743 g/mol. The van der Waals surface area contributed by atoms with Crippen LogP contribution in [-0.4, -0.2) is 4.57 Å². The number of para-hydroxylation sites is 3. The molecule has 0 aliphatic heterocycles. The average Bonchev–Trinajstić information content (AvgIpc) is 4.00. The first-order valence-electron chi connectivity index (χ1n) is 20.8. The molecule has 0 N–H and O–H groups in total. The van der Waals surface area contributed by atoms with Crippen molar-refractivity contribution in [3.8, 4) is 50.4 Å². The quantitative estimate of drug-likeness (QED) is 0.163. The van der Waals surface area contributed by atoms with E-state index in [9.17, 15) is 0 Å². The van der Waals surface area contributed by atoms with E-state index in [1.165, 1.54) is 60.0 Å². The topological polar surface area (TPSA) is 31.2 Å². The highest BCUT2D eigenvalue weighted by Crippen LogP contribution is 2.49. The van der Waals surface area contributed by atoms with Crippen LogP contribution in [0.15, 0.2) is 221 Å². The van der Waals surface area contributed by atoms with Crippen LogP contribution in [0, 0.1) is 0 Å². The average molecular weight is 778 g/mol. The highest BCUT2D eigenvalue weighted by Gasteiger charge is 2.24. The Morgan fingerprint density at radius 1 is 0.295 bits per heavy atom. The lowest BCUT2D eigenvalue weighted by atomic mass is 9.85. The Balaban J connectivity index is 1.05. The predicted molar refractivity (Wildman–Crippen MR) is 255 cm³/mol. The number of hydrogen-bond acceptors (Lipinski definition) is 2. The van der Waals surface area contributed by atoms with Crippen molar-refractivity contribution in [2.24, 2.45) is 0 Å². The zero-order chi connectivity index (χ0) is 40.0. The van der Waals surface area contributed by atoms with Crippen molar-refractivity contribution in [1.82, 2.24) is 4.57 Å². The van der Waals surface area contributed by atoms with Gasteiger partial charge in [0, 0.05) is 60.9 Å². The van der Waals surface area contributed by atoms with Crippen molar-refractivity contribution in [2.75, 3.05) is 0 Å². The van der Waals surface area contributed by atoms with Gasteiger partial charge in [-0.05, 0) is 74.6 Å². The monoisotopic (exact) mass is 777 g/mol. The molecular formula is C58H35NO2. The van der Waals surface area contributed by atoms with E-state index in [0.717, 1.165) is 66.6 Å². The SMILES string of the molecule is c1ccc(-c2oc3cc4oc5c(-c6c7ccccc7c(-c7ccc8c(c7)c7ccccc7n8-c7ccccc7)c7ccccc67)cccc5c4cc3c2-c2ccccc2)cc1. The molecule has 3 heterocycles. The fourth-order valence-corrected chi connectivity index (χ4v) is 9.98. The van der Waals surface area contributed by atoms with Crippen molar-refractivity contribution >= 4 is 76.3 Å². The van der Waals surface area contributed by atoms with E-state index in [0.29, 0.717) is 0 Å². The minimum absolute atomic E-state index is 0.801. The van der Waals surface area contributed by atoms with Gasteiger partial charge in [-0.15, -0.1) is 0 Å². The molecule has 0 fully saturated rings. The summed E-state index contributed by atoms with van der Waals surface area (Å²) < 4.78 is 16.1. The van der Waals surface area contributed by atoms with E-state index in [1.54, 1.807) is 0 Å². The molecule has 10 aromatic carbocycles. The summed E-state index contributed by atoms with van der Waals surface area (Å²) in [6.45, 7) is 0. The van der Waals surface area contributed by atoms with E-state index >= 15 is 0 Å². The van der Waals surface area contributed by atoms with Gasteiger partial charge in [0.2, 0.25) is 0 Å². The molecule has 3 nitrogen and oxygen atoms in total. The molecule has 0 radical (unpaired) electrons. The Morgan fingerprint density at radius 2 is 0.852 bits per heavy atom. The number of fused-ring (bicyclic) bond motifs is 9. The normalized spacial score (nSPS) is 11.9. The summed E-state index contributed by atoms with van der Waals surface area (Å²) in [5, 5.41) is 10.5. The van der Waals surface area contributed by atoms with Gasteiger partial charge in [0.1, 0.15) is 22.5 Å². The number of aromatic nitrogens is 1. The minimum Gasteiger partial charge on any atom is -0.455 e. The van der Waals surface area contributed by atoms with Crippen LogP contribution in [0.25, 0.3) is 127 Å². The van der Waals surface area contributed by atoms with E-state index < -0.39 is 0 Å². The highest BCUT2D eigenvalue weighted by molar-refractivity contribution is 6.25. The number of rotatable bonds is 5. The maximum Gasteiger partial charge on any atom is 0.143 e. The molecule has 0 bridgehead atoms. The standard InChI is InChI=1S/C58H35NO2/c1-4-17-36(18-5-1)55-49-34-48-45-28-16-29-46(58(45)61-52(48)35-53(49)60-57(55)37-19-6-2-7-20-37)56-43-26-12-10-24-41(43)54(42-25-11-13-27-44(42)56)38-31-32-51-47(33-38)40-23-14-15-30-50(40)59(51)39-21-8-3-9-22-39/h1-35H. The van der Waals surface area contributed by atoms with Crippen molar-refractivity contribution in [3.05, 3.63) is 212 Å². The molecule has 0 aliphatic carbocycles. The van der Waals surface area contributed by atoms with Crippen molar-refractivity contribution in [3.63, 3.8) is 0 Å². The van der Waals surface area contributed by atoms with Crippen LogP contribution < -0.4 is 0 Å². The summed E-state index contributed by atoms with van der Waals surface area (Å²) in [4.78, 5) is 0. The summed E-state index contributed by atoms with van der Waals surface area (Å²) >= 11 is 0. The molecule has 0 amide bonds. The third-order valence-corrected chi connectivity index (χ3v) is 12.6. The van der Waals surface area contributed by atoms with Crippen LogP contribution in [0.1, 0.15) is 0 Å². The van der Waals surface area contributed by atoms with Gasteiger partial charge >= 0.3 is 0 Å². The summed E-state index contributed by atoms with van der Waals surface area (Å²) in [7, 11) is 0. The molecule has 13 rings (SSSR count). The molecule has 13 aromatic rings. The summed E-state index contributed by atoms with van der Waals surface area (Å²) in [5.41, 5.74) is 13.9. The van der Waals surface area contributed by atoms with Gasteiger partial charge in [0.25, 0.3) is 0 Å². The largest absolute Gasteiger partial charge is 0.455 e. The van der Waals surface area contributed by atoms with Crippen LogP contribution in [0.5, 0.6) is 0 Å². The van der Waals surface area contributed by atoms with Crippen LogP contribution in [-0.2, 0) is 0 Å². The lowest BCUT2D eigenvalue weighted by Crippen LogP contribution is -1.93. The van der Waals surface area contributed by atoms with Crippen molar-refractivity contribution in [1.29, 1.82) is 0 Å². The maximum absolute atomic E-state index is 6.98. The zero-order valence-electron chi connectivity index (χ0n) is 33.0. The maximum atomic E-state index is 6.98. The van der Waals surface area contributed by atoms with Crippen molar-refractivity contribution < 1.29 is 8.83 Å². The predicted octanol–water partition coefficient (Wildman–Crippen LogP) is 16.4. The second-order valence-electron chi connectivity index (χ2n) is 15.9. The number of furan rings is 2. The molecule has 61 heavy (non-hydrogen) atoms. The number of benzene rings is 10. The smallest absolute Gasteiger partial charge is 0.143 e. The third-order valence-electron chi connectivity index (χ3n) is 12.6. The fourth-order valence-electron chi connectivity index (χ4n) is 9.98. The van der Waals surface area contributed by atoms with Gasteiger partial charge in [0.15, 0.2) is 0 Å². The van der Waals surface area contributed by atoms with Crippen LogP contribution in [0.4, 0.5) is 0 Å². The fraction of sp³-hybridized carbons (Fsp3) is 0. The number of hydrogen-bond donors (Lipinski definition) is 0. The molecule has 0 saturated carbocycles. The molecule has 0 aliphatic rings. The van der Waals surface area contributed by atoms with Gasteiger partial charge < -0.3 is 13.4 Å².